The third-order valence-corrected chi connectivity index (χ3v) is 7.22. The second kappa shape index (κ2) is 8.16. The summed E-state index contributed by atoms with van der Waals surface area (Å²) in [6, 6.07) is -0.594. The lowest BCUT2D eigenvalue weighted by Crippen LogP contribution is -2.54. The number of anilines is 2. The monoisotopic (exact) mass is 535 g/mol. The van der Waals surface area contributed by atoms with E-state index >= 15 is 4.39 Å². The van der Waals surface area contributed by atoms with Gasteiger partial charge in [0.15, 0.2) is 0 Å². The molecule has 1 aromatic heterocycles. The van der Waals surface area contributed by atoms with Crippen LogP contribution in [0.1, 0.15) is 47.0 Å². The summed E-state index contributed by atoms with van der Waals surface area (Å²) in [6.07, 6.45) is 0.352. The van der Waals surface area contributed by atoms with Crippen LogP contribution in [0.2, 0.25) is 0 Å². The molecule has 0 radical (unpaired) electrons. The maximum Gasteiger partial charge on any atom is 0.407 e. The zero-order valence-corrected chi connectivity index (χ0v) is 20.3. The number of carbonyl (C=O) groups is 1. The van der Waals surface area contributed by atoms with Gasteiger partial charge in [-0.15, -0.1) is 0 Å². The molecule has 1 aliphatic heterocycles. The van der Waals surface area contributed by atoms with Crippen LogP contribution in [0.4, 0.5) is 21.0 Å². The van der Waals surface area contributed by atoms with Crippen LogP contribution in [0.5, 0.6) is 0 Å². The number of piperidine rings is 1. The highest BCUT2D eigenvalue weighted by Gasteiger charge is 2.54. The van der Waals surface area contributed by atoms with Crippen molar-refractivity contribution in [1.82, 2.24) is 14.9 Å². The molecule has 3 rings (SSSR count). The molecule has 8 nitrogen and oxygen atoms in total. The van der Waals surface area contributed by atoms with E-state index in [9.17, 15) is 9.59 Å². The lowest BCUT2D eigenvalue weighted by atomic mass is 9.73. The molecule has 1 saturated heterocycles. The molecule has 3 atom stereocenters. The van der Waals surface area contributed by atoms with E-state index in [1.807, 2.05) is 34.4 Å². The smallest absolute Gasteiger partial charge is 0.407 e. The number of carbonyl (C=O) groups excluding carboxylic acids is 1. The molecule has 168 valence electrons. The van der Waals surface area contributed by atoms with Gasteiger partial charge >= 0.3 is 6.09 Å². The molecule has 0 bridgehead atoms. The Morgan fingerprint density at radius 2 is 1.97 bits per heavy atom. The second-order valence-corrected chi connectivity index (χ2v) is 10.7. The van der Waals surface area contributed by atoms with Crippen LogP contribution in [-0.2, 0) is 11.8 Å². The quantitative estimate of drug-likeness (QED) is 0.565. The molecule has 1 aromatic rings. The molecule has 1 spiro atoms. The summed E-state index contributed by atoms with van der Waals surface area (Å²) in [5.74, 6) is 0.594. The van der Waals surface area contributed by atoms with E-state index in [4.69, 9.17) is 10.5 Å². The number of alkyl halides is 1. The van der Waals surface area contributed by atoms with Gasteiger partial charge in [0.05, 0.1) is 6.04 Å². The van der Waals surface area contributed by atoms with Crippen molar-refractivity contribution in [2.75, 3.05) is 23.7 Å². The average molecular weight is 535 g/mol. The highest BCUT2D eigenvalue weighted by Crippen LogP contribution is 2.50. The van der Waals surface area contributed by atoms with E-state index in [2.05, 4.69) is 10.3 Å². The van der Waals surface area contributed by atoms with E-state index in [0.29, 0.717) is 41.9 Å². The highest BCUT2D eigenvalue weighted by atomic mass is 127. The molecule has 2 unspecified atom stereocenters. The molecular weight excluding hydrogens is 504 g/mol. The number of aromatic nitrogens is 2. The summed E-state index contributed by atoms with van der Waals surface area (Å²) in [5, 5.41) is 2.82. The van der Waals surface area contributed by atoms with E-state index < -0.39 is 23.9 Å². The third-order valence-electron chi connectivity index (χ3n) is 6.20. The normalized spacial score (nSPS) is 26.1. The topological polar surface area (TPSA) is 102 Å². The summed E-state index contributed by atoms with van der Waals surface area (Å²) in [6.45, 7) is 8.46. The molecule has 3 N–H and O–H groups in total. The van der Waals surface area contributed by atoms with E-state index in [1.54, 1.807) is 27.8 Å². The fourth-order valence-corrected chi connectivity index (χ4v) is 5.23. The number of nitrogens with two attached hydrogens (primary N) is 1. The van der Waals surface area contributed by atoms with E-state index in [-0.39, 0.29) is 22.7 Å². The molecule has 2 aliphatic rings. The van der Waals surface area contributed by atoms with Crippen molar-refractivity contribution < 1.29 is 13.9 Å². The largest absolute Gasteiger partial charge is 0.444 e. The van der Waals surface area contributed by atoms with Crippen LogP contribution in [0.3, 0.4) is 0 Å². The Balaban J connectivity index is 1.78. The number of nitrogens with zero attached hydrogens (tertiary/aromatic N) is 3. The maximum absolute atomic E-state index is 15.1. The minimum Gasteiger partial charge on any atom is -0.444 e. The summed E-state index contributed by atoms with van der Waals surface area (Å²) < 4.78 is 22.4. The molecule has 0 aromatic carbocycles. The number of halogens is 2. The predicted octanol–water partition coefficient (Wildman–Crippen LogP) is 2.82. The Bertz CT molecular complexity index is 876. The van der Waals surface area contributed by atoms with Gasteiger partial charge in [0.2, 0.25) is 5.95 Å². The molecular formula is C20H31FIN5O3. The lowest BCUT2D eigenvalue weighted by molar-refractivity contribution is 0.0394. The van der Waals surface area contributed by atoms with Gasteiger partial charge in [0.1, 0.15) is 21.2 Å². The lowest BCUT2D eigenvalue weighted by Gasteiger charge is -2.44. The van der Waals surface area contributed by atoms with Crippen molar-refractivity contribution >= 4 is 40.5 Å². The van der Waals surface area contributed by atoms with Gasteiger partial charge in [-0.25, -0.2) is 9.18 Å². The molecule has 1 aliphatic carbocycles. The summed E-state index contributed by atoms with van der Waals surface area (Å²) in [5.41, 5.74) is 4.74. The number of ether oxygens (including phenoxy) is 1. The van der Waals surface area contributed by atoms with Crippen molar-refractivity contribution in [1.29, 1.82) is 0 Å². The van der Waals surface area contributed by atoms with Gasteiger partial charge in [-0.1, -0.05) is 6.92 Å². The zero-order chi connectivity index (χ0) is 22.4. The van der Waals surface area contributed by atoms with Crippen LogP contribution in [-0.4, -0.2) is 46.5 Å². The Kier molecular flexibility index (Phi) is 6.28. The number of nitrogens with one attached hydrogen (secondary N) is 1. The van der Waals surface area contributed by atoms with Crippen LogP contribution in [0.25, 0.3) is 0 Å². The summed E-state index contributed by atoms with van der Waals surface area (Å²) in [7, 11) is 1.68. The first kappa shape index (κ1) is 23.1. The minimum absolute atomic E-state index is 0.145. The third kappa shape index (κ3) is 4.38. The zero-order valence-electron chi connectivity index (χ0n) is 18.2. The van der Waals surface area contributed by atoms with E-state index in [1.165, 1.54) is 4.57 Å². The Morgan fingerprint density at radius 1 is 1.37 bits per heavy atom. The number of rotatable bonds is 2. The molecule has 2 fully saturated rings. The maximum atomic E-state index is 15.1. The fourth-order valence-electron chi connectivity index (χ4n) is 4.74. The number of hydrogen-bond acceptors (Lipinski definition) is 6. The first-order valence-corrected chi connectivity index (χ1v) is 11.3. The molecule has 2 heterocycles. The van der Waals surface area contributed by atoms with Crippen LogP contribution in [0, 0.1) is 14.9 Å². The SMILES string of the molecule is C[C@@H]1CC2(CCN(c3nc(N)c(I)c(=O)n3C)CC2)C(NC(=O)OC(C)(C)C)C1F. The number of amides is 1. The first-order valence-electron chi connectivity index (χ1n) is 10.3. The van der Waals surface area contributed by atoms with Crippen molar-refractivity contribution in [3.63, 3.8) is 0 Å². The van der Waals surface area contributed by atoms with Crippen molar-refractivity contribution in [2.45, 2.75) is 64.8 Å². The van der Waals surface area contributed by atoms with Gasteiger partial charge in [-0.3, -0.25) is 9.36 Å². The van der Waals surface area contributed by atoms with Crippen molar-refractivity contribution in [3.8, 4) is 0 Å². The van der Waals surface area contributed by atoms with Crippen LogP contribution >= 0.6 is 22.6 Å². The van der Waals surface area contributed by atoms with Gasteiger partial charge < -0.3 is 20.7 Å². The standard InChI is InChI=1S/C20H31FIN5O3/c1-11-10-20(14(12(11)21)24-18(29)30-19(2,3)4)6-8-27(9-7-20)17-25-15(23)13(22)16(28)26(17)5/h11-12,14H,6-10,23H2,1-5H3,(H,24,29)/t11-,12?,14?/m1/s1. The minimum atomic E-state index is -1.12. The Morgan fingerprint density at radius 3 is 2.53 bits per heavy atom. The van der Waals surface area contributed by atoms with Gasteiger partial charge in [0, 0.05) is 20.1 Å². The molecule has 30 heavy (non-hydrogen) atoms. The van der Waals surface area contributed by atoms with Crippen molar-refractivity contribution in [3.05, 3.63) is 13.9 Å². The number of nitrogen functional groups attached to an aromatic ring is 1. The highest BCUT2D eigenvalue weighted by molar-refractivity contribution is 14.1. The fraction of sp³-hybridized carbons (Fsp3) is 0.750. The Hall–Kier alpha value is -1.59. The van der Waals surface area contributed by atoms with Gasteiger partial charge in [-0.05, 0) is 74.0 Å². The van der Waals surface area contributed by atoms with Gasteiger partial charge in [-0.2, -0.15) is 4.98 Å². The molecule has 1 saturated carbocycles. The summed E-state index contributed by atoms with van der Waals surface area (Å²) in [4.78, 5) is 31.1. The van der Waals surface area contributed by atoms with Gasteiger partial charge in [0.25, 0.3) is 5.56 Å². The van der Waals surface area contributed by atoms with Crippen LogP contribution in [0.15, 0.2) is 4.79 Å². The first-order chi connectivity index (χ1) is 13.8. The van der Waals surface area contributed by atoms with Crippen molar-refractivity contribution in [2.24, 2.45) is 18.4 Å². The summed E-state index contributed by atoms with van der Waals surface area (Å²) >= 11 is 1.90. The van der Waals surface area contributed by atoms with Crippen LogP contribution < -0.4 is 21.5 Å². The molecule has 1 amide bonds. The Labute approximate surface area is 189 Å². The van der Waals surface area contributed by atoms with E-state index in [0.717, 1.165) is 0 Å². The average Bonchev–Trinajstić information content (AvgIpc) is 2.86. The second-order valence-electron chi connectivity index (χ2n) is 9.57. The molecule has 10 heteroatoms. The number of hydrogen-bond donors (Lipinski definition) is 2. The predicted molar refractivity (Wildman–Crippen MR) is 122 cm³/mol. The number of alkyl carbamates (subject to hydrolysis) is 1.